The molecule has 0 atom stereocenters. The van der Waals surface area contributed by atoms with Gasteiger partial charge in [-0.05, 0) is 29.9 Å². The van der Waals surface area contributed by atoms with E-state index in [4.69, 9.17) is 0 Å². The third-order valence-corrected chi connectivity index (χ3v) is 3.90. The first kappa shape index (κ1) is 15.5. The molecule has 0 saturated heterocycles. The number of rotatable bonds is 3. The Hall–Kier alpha value is -2.37. The van der Waals surface area contributed by atoms with Crippen molar-refractivity contribution in [2.24, 2.45) is 0 Å². The quantitative estimate of drug-likeness (QED) is 0.469. The first-order valence-corrected chi connectivity index (χ1v) is 7.00. The molecule has 0 spiro atoms. The van der Waals surface area contributed by atoms with Crippen LogP contribution in [0.1, 0.15) is 34.7 Å². The first-order valence-electron chi connectivity index (χ1n) is 7.00. The largest absolute Gasteiger partial charge is 0.465 e. The number of benzene rings is 2. The van der Waals surface area contributed by atoms with Gasteiger partial charge in [-0.15, -0.1) is 0 Å². The number of esters is 1. The zero-order valence-electron chi connectivity index (χ0n) is 12.1. The van der Waals surface area contributed by atoms with Crippen molar-refractivity contribution in [3.05, 3.63) is 58.7 Å². The number of halogens is 4. The number of carbonyl (C=O) groups is 1. The van der Waals surface area contributed by atoms with Crippen LogP contribution >= 0.6 is 0 Å². The molecular formula is C17H12F4O2. The SMILES string of the molecule is COC(=O)c1c(F)c(F)c(-c2ccc(C3CC3)cc2)c(F)c1F. The number of hydrogen-bond donors (Lipinski definition) is 0. The van der Waals surface area contributed by atoms with E-state index in [1.807, 2.05) is 0 Å². The maximum atomic E-state index is 14.2. The molecule has 23 heavy (non-hydrogen) atoms. The lowest BCUT2D eigenvalue weighted by atomic mass is 9.99. The lowest BCUT2D eigenvalue weighted by Crippen LogP contribution is -2.13. The summed E-state index contributed by atoms with van der Waals surface area (Å²) in [6.45, 7) is 0. The Morgan fingerprint density at radius 1 is 0.957 bits per heavy atom. The average molecular weight is 324 g/mol. The summed E-state index contributed by atoms with van der Waals surface area (Å²) in [5, 5.41) is 0. The van der Waals surface area contributed by atoms with E-state index < -0.39 is 40.4 Å². The molecule has 120 valence electrons. The van der Waals surface area contributed by atoms with Gasteiger partial charge in [-0.3, -0.25) is 0 Å². The van der Waals surface area contributed by atoms with Crippen LogP contribution in [0.2, 0.25) is 0 Å². The number of ether oxygens (including phenoxy) is 1. The molecule has 2 aromatic carbocycles. The molecule has 3 rings (SSSR count). The molecule has 0 aromatic heterocycles. The summed E-state index contributed by atoms with van der Waals surface area (Å²) in [4.78, 5) is 11.3. The second kappa shape index (κ2) is 5.68. The summed E-state index contributed by atoms with van der Waals surface area (Å²) in [6, 6.07) is 6.17. The molecule has 2 aromatic rings. The second-order valence-electron chi connectivity index (χ2n) is 5.39. The highest BCUT2D eigenvalue weighted by Gasteiger charge is 2.31. The van der Waals surface area contributed by atoms with Gasteiger partial charge in [0.1, 0.15) is 5.56 Å². The van der Waals surface area contributed by atoms with Crippen molar-refractivity contribution in [1.29, 1.82) is 0 Å². The van der Waals surface area contributed by atoms with Crippen LogP contribution in [-0.4, -0.2) is 13.1 Å². The van der Waals surface area contributed by atoms with E-state index >= 15 is 0 Å². The van der Waals surface area contributed by atoms with E-state index in [0.29, 0.717) is 5.92 Å². The van der Waals surface area contributed by atoms with Crippen molar-refractivity contribution >= 4 is 5.97 Å². The van der Waals surface area contributed by atoms with Gasteiger partial charge in [0, 0.05) is 0 Å². The van der Waals surface area contributed by atoms with Gasteiger partial charge < -0.3 is 4.74 Å². The van der Waals surface area contributed by atoms with Crippen LogP contribution in [0.25, 0.3) is 11.1 Å². The predicted octanol–water partition coefficient (Wildman–Crippen LogP) is 4.57. The molecule has 0 radical (unpaired) electrons. The highest BCUT2D eigenvalue weighted by atomic mass is 19.2. The topological polar surface area (TPSA) is 26.3 Å². The van der Waals surface area contributed by atoms with Crippen molar-refractivity contribution in [2.75, 3.05) is 7.11 Å². The number of methoxy groups -OCH3 is 1. The molecule has 0 unspecified atom stereocenters. The minimum atomic E-state index is -1.77. The van der Waals surface area contributed by atoms with E-state index in [2.05, 4.69) is 4.74 Å². The molecule has 0 amide bonds. The third-order valence-electron chi connectivity index (χ3n) is 3.90. The summed E-state index contributed by atoms with van der Waals surface area (Å²) in [6.07, 6.45) is 2.11. The molecule has 1 aliphatic rings. The van der Waals surface area contributed by atoms with Gasteiger partial charge in [-0.25, -0.2) is 22.4 Å². The Bertz CT molecular complexity index is 751. The fraction of sp³-hybridized carbons (Fsp3) is 0.235. The van der Waals surface area contributed by atoms with Crippen LogP contribution in [0.5, 0.6) is 0 Å². The van der Waals surface area contributed by atoms with Gasteiger partial charge in [-0.1, -0.05) is 24.3 Å². The fourth-order valence-electron chi connectivity index (χ4n) is 2.51. The molecule has 0 aliphatic heterocycles. The average Bonchev–Trinajstić information content (AvgIpc) is 3.39. The van der Waals surface area contributed by atoms with Gasteiger partial charge >= 0.3 is 5.97 Å². The Labute approximate surface area is 129 Å². The van der Waals surface area contributed by atoms with E-state index in [1.165, 1.54) is 12.1 Å². The van der Waals surface area contributed by atoms with Gasteiger partial charge in [-0.2, -0.15) is 0 Å². The molecule has 0 heterocycles. The zero-order chi connectivity index (χ0) is 16.7. The van der Waals surface area contributed by atoms with Gasteiger partial charge in [0.2, 0.25) is 0 Å². The maximum absolute atomic E-state index is 14.2. The van der Waals surface area contributed by atoms with E-state index in [1.54, 1.807) is 12.1 Å². The lowest BCUT2D eigenvalue weighted by Gasteiger charge is -2.11. The minimum absolute atomic E-state index is 0.00128. The van der Waals surface area contributed by atoms with Crippen molar-refractivity contribution < 1.29 is 27.1 Å². The number of hydrogen-bond acceptors (Lipinski definition) is 2. The second-order valence-corrected chi connectivity index (χ2v) is 5.39. The van der Waals surface area contributed by atoms with Gasteiger partial charge in [0.25, 0.3) is 0 Å². The highest BCUT2D eigenvalue weighted by molar-refractivity contribution is 5.91. The molecule has 1 saturated carbocycles. The molecule has 6 heteroatoms. The van der Waals surface area contributed by atoms with Crippen molar-refractivity contribution in [1.82, 2.24) is 0 Å². The van der Waals surface area contributed by atoms with Crippen LogP contribution in [-0.2, 0) is 4.74 Å². The van der Waals surface area contributed by atoms with E-state index in [9.17, 15) is 22.4 Å². The summed E-state index contributed by atoms with van der Waals surface area (Å²) in [5.74, 6) is -7.82. The monoisotopic (exact) mass is 324 g/mol. The van der Waals surface area contributed by atoms with Crippen molar-refractivity contribution in [3.8, 4) is 11.1 Å². The van der Waals surface area contributed by atoms with E-state index in [-0.39, 0.29) is 5.56 Å². The molecule has 1 fully saturated rings. The van der Waals surface area contributed by atoms with Crippen molar-refractivity contribution in [2.45, 2.75) is 18.8 Å². The normalized spacial score (nSPS) is 14.0. The Morgan fingerprint density at radius 3 is 1.91 bits per heavy atom. The first-order chi connectivity index (χ1) is 11.0. The van der Waals surface area contributed by atoms with Crippen LogP contribution in [0.4, 0.5) is 17.6 Å². The molecule has 0 bridgehead atoms. The smallest absolute Gasteiger partial charge is 0.344 e. The molecule has 0 N–H and O–H groups in total. The van der Waals surface area contributed by atoms with Gasteiger partial charge in [0.05, 0.1) is 12.7 Å². The van der Waals surface area contributed by atoms with Crippen LogP contribution < -0.4 is 0 Å². The molecular weight excluding hydrogens is 312 g/mol. The summed E-state index contributed by atoms with van der Waals surface area (Å²) in [7, 11) is 0.863. The summed E-state index contributed by atoms with van der Waals surface area (Å²) >= 11 is 0. The highest BCUT2D eigenvalue weighted by Crippen LogP contribution is 2.41. The standard InChI is InChI=1S/C17H12F4O2/c1-23-17(22)12-15(20)13(18)11(14(19)16(12)21)10-6-4-9(5-7-10)8-2-3-8/h4-8H,2-3H2,1H3. The predicted molar refractivity (Wildman–Crippen MR) is 75.0 cm³/mol. The summed E-state index contributed by atoms with van der Waals surface area (Å²) in [5.41, 5.74) is -1.20. The minimum Gasteiger partial charge on any atom is -0.465 e. The lowest BCUT2D eigenvalue weighted by molar-refractivity contribution is 0.0587. The molecule has 1 aliphatic carbocycles. The zero-order valence-corrected chi connectivity index (χ0v) is 12.1. The van der Waals surface area contributed by atoms with Gasteiger partial charge in [0.15, 0.2) is 23.3 Å². The molecule has 2 nitrogen and oxygen atoms in total. The fourth-order valence-corrected chi connectivity index (χ4v) is 2.51. The van der Waals surface area contributed by atoms with Crippen LogP contribution in [0.3, 0.4) is 0 Å². The third kappa shape index (κ3) is 2.58. The van der Waals surface area contributed by atoms with Crippen LogP contribution in [0, 0.1) is 23.3 Å². The Morgan fingerprint density at radius 2 is 1.48 bits per heavy atom. The maximum Gasteiger partial charge on any atom is 0.344 e. The van der Waals surface area contributed by atoms with Crippen molar-refractivity contribution in [3.63, 3.8) is 0 Å². The van der Waals surface area contributed by atoms with Crippen LogP contribution in [0.15, 0.2) is 24.3 Å². The Kier molecular flexibility index (Phi) is 3.83. The Balaban J connectivity index is 2.14. The number of carbonyl (C=O) groups excluding carboxylic acids is 1. The van der Waals surface area contributed by atoms with E-state index in [0.717, 1.165) is 25.5 Å². The summed E-state index contributed by atoms with van der Waals surface area (Å²) < 4.78 is 60.4.